The van der Waals surface area contributed by atoms with Crippen LogP contribution in [0.4, 0.5) is 18.9 Å². The topological polar surface area (TPSA) is 62.4 Å². The number of alkyl halides is 3. The number of hydrogen-bond donors (Lipinski definition) is 2. The number of nitrogens with two attached hydrogens (primary N) is 1. The van der Waals surface area contributed by atoms with E-state index in [0.29, 0.717) is 11.4 Å². The van der Waals surface area contributed by atoms with Crippen molar-refractivity contribution in [2.24, 2.45) is 5.73 Å². The Bertz CT molecular complexity index is 365. The van der Waals surface area contributed by atoms with Crippen LogP contribution in [0.2, 0.25) is 0 Å². The lowest BCUT2D eigenvalue weighted by molar-refractivity contribution is -0.119. The van der Waals surface area contributed by atoms with E-state index in [9.17, 15) is 13.2 Å². The van der Waals surface area contributed by atoms with Gasteiger partial charge in [-0.25, -0.2) is 0 Å². The third-order valence-electron chi connectivity index (χ3n) is 2.34. The zero-order valence-corrected chi connectivity index (χ0v) is 9.98. The van der Waals surface area contributed by atoms with Crippen molar-refractivity contribution < 1.29 is 18.3 Å². The van der Waals surface area contributed by atoms with Gasteiger partial charge in [0.25, 0.3) is 0 Å². The van der Waals surface area contributed by atoms with Gasteiger partial charge in [0.2, 0.25) is 0 Å². The molecule has 3 N–H and O–H groups in total. The third-order valence-corrected chi connectivity index (χ3v) is 2.34. The summed E-state index contributed by atoms with van der Waals surface area (Å²) in [5.41, 5.74) is 6.52. The van der Waals surface area contributed by atoms with Gasteiger partial charge in [-0.1, -0.05) is 0 Å². The van der Waals surface area contributed by atoms with Gasteiger partial charge in [0.15, 0.2) is 0 Å². The van der Waals surface area contributed by atoms with Crippen LogP contribution in [0.25, 0.3) is 0 Å². The molecule has 0 bridgehead atoms. The minimum absolute atomic E-state index is 0.0985. The Morgan fingerprint density at radius 1 is 1.44 bits per heavy atom. The molecule has 1 rings (SSSR count). The van der Waals surface area contributed by atoms with Crippen molar-refractivity contribution in [2.45, 2.75) is 19.1 Å². The van der Waals surface area contributed by atoms with Crippen LogP contribution < -0.4 is 10.6 Å². The molecule has 1 atom stereocenters. The van der Waals surface area contributed by atoms with Crippen LogP contribution in [0.3, 0.4) is 0 Å². The average Bonchev–Trinajstić information content (AvgIpc) is 2.27. The van der Waals surface area contributed by atoms with Crippen LogP contribution >= 0.6 is 0 Å². The average molecular weight is 263 g/mol. The predicted octanol–water partition coefficient (Wildman–Crippen LogP) is 1.46. The van der Waals surface area contributed by atoms with Gasteiger partial charge >= 0.3 is 6.18 Å². The molecular weight excluding hydrogens is 247 g/mol. The first-order chi connectivity index (χ1) is 8.33. The monoisotopic (exact) mass is 263 g/mol. The lowest BCUT2D eigenvalue weighted by atomic mass is 10.2. The van der Waals surface area contributed by atoms with Gasteiger partial charge < -0.3 is 15.7 Å². The second-order valence-corrected chi connectivity index (χ2v) is 3.99. The largest absolute Gasteiger partial charge is 0.405 e. The zero-order chi connectivity index (χ0) is 13.8. The van der Waals surface area contributed by atoms with Crippen molar-refractivity contribution in [3.63, 3.8) is 0 Å². The highest BCUT2D eigenvalue weighted by Gasteiger charge is 2.30. The van der Waals surface area contributed by atoms with Crippen LogP contribution in [0.15, 0.2) is 18.3 Å². The van der Waals surface area contributed by atoms with E-state index in [1.165, 1.54) is 12.3 Å². The summed E-state index contributed by atoms with van der Waals surface area (Å²) in [5, 5.41) is 8.79. The second-order valence-electron chi connectivity index (χ2n) is 3.99. The molecule has 0 aliphatic rings. The fraction of sp³-hybridized carbons (Fsp3) is 0.545. The van der Waals surface area contributed by atoms with E-state index >= 15 is 0 Å². The lowest BCUT2D eigenvalue weighted by Crippen LogP contribution is -2.36. The van der Waals surface area contributed by atoms with E-state index in [1.54, 1.807) is 13.0 Å². The SMILES string of the molecule is C[C@H](N)c1ccc(N(CCO)CC(F)(F)F)cn1. The Balaban J connectivity index is 2.85. The number of aliphatic hydroxyl groups is 1. The molecule has 0 aromatic carbocycles. The summed E-state index contributed by atoms with van der Waals surface area (Å²) < 4.78 is 37.1. The smallest absolute Gasteiger partial charge is 0.395 e. The normalized spacial score (nSPS) is 13.4. The molecule has 0 saturated carbocycles. The van der Waals surface area contributed by atoms with E-state index in [1.807, 2.05) is 0 Å². The summed E-state index contributed by atoms with van der Waals surface area (Å²) >= 11 is 0. The summed E-state index contributed by atoms with van der Waals surface area (Å²) in [4.78, 5) is 5.02. The number of rotatable bonds is 5. The van der Waals surface area contributed by atoms with Crippen LogP contribution in [0.1, 0.15) is 18.7 Å². The maximum atomic E-state index is 12.4. The number of halogens is 3. The summed E-state index contributed by atoms with van der Waals surface area (Å²) in [5.74, 6) is 0. The number of aliphatic hydroxyl groups excluding tert-OH is 1. The summed E-state index contributed by atoms with van der Waals surface area (Å²) in [6.45, 7) is 0.166. The molecule has 0 radical (unpaired) electrons. The van der Waals surface area contributed by atoms with Gasteiger partial charge in [0.05, 0.1) is 24.2 Å². The second kappa shape index (κ2) is 6.01. The minimum Gasteiger partial charge on any atom is -0.395 e. The number of nitrogens with zero attached hydrogens (tertiary/aromatic N) is 2. The molecule has 0 saturated heterocycles. The van der Waals surface area contributed by atoms with Gasteiger partial charge in [0.1, 0.15) is 6.54 Å². The first-order valence-electron chi connectivity index (χ1n) is 5.47. The van der Waals surface area contributed by atoms with E-state index in [0.717, 1.165) is 4.90 Å². The highest BCUT2D eigenvalue weighted by Crippen LogP contribution is 2.22. The first-order valence-corrected chi connectivity index (χ1v) is 5.47. The van der Waals surface area contributed by atoms with Crippen LogP contribution in [0, 0.1) is 0 Å². The molecule has 0 aliphatic carbocycles. The van der Waals surface area contributed by atoms with Gasteiger partial charge in [0, 0.05) is 12.6 Å². The summed E-state index contributed by atoms with van der Waals surface area (Å²) in [7, 11) is 0. The zero-order valence-electron chi connectivity index (χ0n) is 9.98. The van der Waals surface area contributed by atoms with Crippen molar-refractivity contribution in [1.82, 2.24) is 4.98 Å². The number of anilines is 1. The molecule has 1 aromatic rings. The molecule has 102 valence electrons. The van der Waals surface area contributed by atoms with E-state index in [2.05, 4.69) is 4.98 Å². The van der Waals surface area contributed by atoms with Crippen LogP contribution in [-0.2, 0) is 0 Å². The Morgan fingerprint density at radius 2 is 2.11 bits per heavy atom. The molecule has 4 nitrogen and oxygen atoms in total. The van der Waals surface area contributed by atoms with Gasteiger partial charge in [-0.2, -0.15) is 13.2 Å². The Hall–Kier alpha value is -1.34. The molecular formula is C11H16F3N3O. The van der Waals surface area contributed by atoms with Crippen molar-refractivity contribution in [3.05, 3.63) is 24.0 Å². The Kier molecular flexibility index (Phi) is 4.92. The van der Waals surface area contributed by atoms with Crippen molar-refractivity contribution >= 4 is 5.69 Å². The maximum Gasteiger partial charge on any atom is 0.405 e. The highest BCUT2D eigenvalue weighted by molar-refractivity contribution is 5.45. The fourth-order valence-electron chi connectivity index (χ4n) is 1.49. The first kappa shape index (κ1) is 14.7. The predicted molar refractivity (Wildman–Crippen MR) is 62.2 cm³/mol. The molecule has 0 unspecified atom stereocenters. The van der Waals surface area contributed by atoms with Gasteiger partial charge in [-0.3, -0.25) is 4.98 Å². The standard InChI is InChI=1S/C11H16F3N3O/c1-8(15)10-3-2-9(6-16-10)17(4-5-18)7-11(12,13)14/h2-3,6,8,18H,4-5,7,15H2,1H3/t8-/m0/s1. The van der Waals surface area contributed by atoms with Gasteiger partial charge in [-0.15, -0.1) is 0 Å². The van der Waals surface area contributed by atoms with Crippen LogP contribution in [-0.4, -0.2) is 36.0 Å². The molecule has 0 aliphatic heterocycles. The van der Waals surface area contributed by atoms with E-state index in [-0.39, 0.29) is 19.2 Å². The molecule has 7 heteroatoms. The quantitative estimate of drug-likeness (QED) is 0.844. The Labute approximate surface area is 103 Å². The third kappa shape index (κ3) is 4.50. The number of hydrogen-bond acceptors (Lipinski definition) is 4. The molecule has 1 heterocycles. The highest BCUT2D eigenvalue weighted by atomic mass is 19.4. The van der Waals surface area contributed by atoms with E-state index in [4.69, 9.17) is 10.8 Å². The number of pyridine rings is 1. The summed E-state index contributed by atoms with van der Waals surface area (Å²) in [6, 6.07) is 2.83. The minimum atomic E-state index is -4.32. The van der Waals surface area contributed by atoms with Crippen LogP contribution in [0.5, 0.6) is 0 Å². The number of aromatic nitrogens is 1. The molecule has 1 aromatic heterocycles. The Morgan fingerprint density at radius 3 is 2.50 bits per heavy atom. The van der Waals surface area contributed by atoms with Gasteiger partial charge in [-0.05, 0) is 19.1 Å². The molecule has 18 heavy (non-hydrogen) atoms. The lowest BCUT2D eigenvalue weighted by Gasteiger charge is -2.25. The van der Waals surface area contributed by atoms with Crippen molar-refractivity contribution in [3.8, 4) is 0 Å². The fourth-order valence-corrected chi connectivity index (χ4v) is 1.49. The maximum absolute atomic E-state index is 12.4. The van der Waals surface area contributed by atoms with Crippen molar-refractivity contribution in [2.75, 3.05) is 24.6 Å². The van der Waals surface area contributed by atoms with E-state index < -0.39 is 12.7 Å². The summed E-state index contributed by atoms with van der Waals surface area (Å²) in [6.07, 6.45) is -2.99. The molecule has 0 fully saturated rings. The van der Waals surface area contributed by atoms with Crippen molar-refractivity contribution in [1.29, 1.82) is 0 Å². The molecule has 0 amide bonds. The molecule has 0 spiro atoms.